The zero-order valence-electron chi connectivity index (χ0n) is 11.1. The lowest BCUT2D eigenvalue weighted by Gasteiger charge is -2.20. The quantitative estimate of drug-likeness (QED) is 0.592. The average Bonchev–Trinajstić information content (AvgIpc) is 2.41. The van der Waals surface area contributed by atoms with Gasteiger partial charge < -0.3 is 15.7 Å². The maximum Gasteiger partial charge on any atom is 0.303 e. The van der Waals surface area contributed by atoms with Gasteiger partial charge in [-0.25, -0.2) is 0 Å². The summed E-state index contributed by atoms with van der Waals surface area (Å²) in [5.74, 6) is -1.14. The van der Waals surface area contributed by atoms with Crippen molar-refractivity contribution in [1.29, 1.82) is 0 Å². The van der Waals surface area contributed by atoms with Gasteiger partial charge in [0.15, 0.2) is 0 Å². The van der Waals surface area contributed by atoms with Crippen LogP contribution in [0.4, 0.5) is 0 Å². The number of carboxylic acid groups (broad SMARTS) is 1. The summed E-state index contributed by atoms with van der Waals surface area (Å²) in [4.78, 5) is 33.4. The number of amides is 2. The van der Waals surface area contributed by atoms with Crippen LogP contribution in [0.3, 0.4) is 0 Å². The minimum atomic E-state index is -0.875. The molecule has 0 heterocycles. The van der Waals surface area contributed by atoms with Crippen LogP contribution in [0.5, 0.6) is 0 Å². The second-order valence-corrected chi connectivity index (χ2v) is 4.90. The van der Waals surface area contributed by atoms with Crippen LogP contribution in [-0.2, 0) is 14.4 Å². The van der Waals surface area contributed by atoms with Gasteiger partial charge in [-0.3, -0.25) is 14.4 Å². The van der Waals surface area contributed by atoms with Gasteiger partial charge in [0.1, 0.15) is 0 Å². The highest BCUT2D eigenvalue weighted by Gasteiger charge is 2.21. The molecule has 6 heteroatoms. The highest BCUT2D eigenvalue weighted by Crippen LogP contribution is 2.23. The lowest BCUT2D eigenvalue weighted by molar-refractivity contribution is -0.137. The van der Waals surface area contributed by atoms with Crippen molar-refractivity contribution < 1.29 is 19.5 Å². The molecule has 2 amide bonds. The molecule has 1 fully saturated rings. The Morgan fingerprint density at radius 3 is 2.37 bits per heavy atom. The van der Waals surface area contributed by atoms with E-state index in [0.29, 0.717) is 13.0 Å². The van der Waals surface area contributed by atoms with E-state index in [4.69, 9.17) is 5.11 Å². The number of aliphatic carboxylic acids is 1. The van der Waals surface area contributed by atoms with E-state index in [1.807, 2.05) is 0 Å². The van der Waals surface area contributed by atoms with Gasteiger partial charge in [0.2, 0.25) is 11.8 Å². The van der Waals surface area contributed by atoms with Crippen LogP contribution >= 0.6 is 0 Å². The van der Waals surface area contributed by atoms with Crippen molar-refractivity contribution in [3.63, 3.8) is 0 Å². The minimum absolute atomic E-state index is 0.0254. The Morgan fingerprint density at radius 2 is 1.74 bits per heavy atom. The summed E-state index contributed by atoms with van der Waals surface area (Å²) in [6.45, 7) is 0.298. The Hall–Kier alpha value is -1.59. The van der Waals surface area contributed by atoms with E-state index in [2.05, 4.69) is 10.6 Å². The van der Waals surface area contributed by atoms with E-state index in [1.54, 1.807) is 0 Å². The second kappa shape index (κ2) is 8.50. The fourth-order valence-corrected chi connectivity index (χ4v) is 2.21. The van der Waals surface area contributed by atoms with Gasteiger partial charge in [0.25, 0.3) is 0 Å². The van der Waals surface area contributed by atoms with Crippen LogP contribution < -0.4 is 10.6 Å². The molecule has 0 atom stereocenters. The molecular weight excluding hydrogens is 248 g/mol. The van der Waals surface area contributed by atoms with E-state index < -0.39 is 5.97 Å². The van der Waals surface area contributed by atoms with Crippen LogP contribution in [0.25, 0.3) is 0 Å². The number of rotatable bonds is 7. The van der Waals surface area contributed by atoms with Gasteiger partial charge in [0.05, 0.1) is 6.54 Å². The number of nitrogens with one attached hydrogen (secondary N) is 2. The molecule has 19 heavy (non-hydrogen) atoms. The summed E-state index contributed by atoms with van der Waals surface area (Å²) in [6, 6.07) is 0. The third-order valence-corrected chi connectivity index (χ3v) is 3.29. The molecule has 0 saturated heterocycles. The first-order valence-electron chi connectivity index (χ1n) is 6.86. The summed E-state index contributed by atoms with van der Waals surface area (Å²) in [6.07, 6.45) is 5.61. The van der Waals surface area contributed by atoms with Crippen molar-refractivity contribution in [2.45, 2.75) is 44.9 Å². The van der Waals surface area contributed by atoms with Crippen molar-refractivity contribution in [1.82, 2.24) is 10.6 Å². The Bertz CT molecular complexity index is 325. The minimum Gasteiger partial charge on any atom is -0.481 e. The largest absolute Gasteiger partial charge is 0.481 e. The number of hydrogen-bond donors (Lipinski definition) is 3. The maximum atomic E-state index is 11.8. The summed E-state index contributed by atoms with van der Waals surface area (Å²) in [7, 11) is 0. The van der Waals surface area contributed by atoms with Crippen LogP contribution in [0.1, 0.15) is 44.9 Å². The lowest BCUT2D eigenvalue weighted by atomic mass is 9.89. The molecule has 0 aromatic carbocycles. The lowest BCUT2D eigenvalue weighted by Crippen LogP contribution is -2.40. The van der Waals surface area contributed by atoms with Crippen LogP contribution in [0.15, 0.2) is 0 Å². The predicted octanol–water partition coefficient (Wildman–Crippen LogP) is 0.664. The van der Waals surface area contributed by atoms with Gasteiger partial charge in [-0.15, -0.1) is 0 Å². The van der Waals surface area contributed by atoms with Crippen molar-refractivity contribution in [2.24, 2.45) is 5.92 Å². The highest BCUT2D eigenvalue weighted by molar-refractivity contribution is 5.85. The van der Waals surface area contributed by atoms with E-state index in [1.165, 1.54) is 6.42 Å². The SMILES string of the molecule is O=C(O)CCCNC(=O)CNC(=O)C1CCCCC1. The van der Waals surface area contributed by atoms with Crippen molar-refractivity contribution >= 4 is 17.8 Å². The van der Waals surface area contributed by atoms with Crippen molar-refractivity contribution in [2.75, 3.05) is 13.1 Å². The Morgan fingerprint density at radius 1 is 1.05 bits per heavy atom. The normalized spacial score (nSPS) is 15.8. The van der Waals surface area contributed by atoms with Gasteiger partial charge in [-0.1, -0.05) is 19.3 Å². The van der Waals surface area contributed by atoms with Crippen LogP contribution in [0.2, 0.25) is 0 Å². The fourth-order valence-electron chi connectivity index (χ4n) is 2.21. The molecule has 0 aromatic heterocycles. The zero-order valence-corrected chi connectivity index (χ0v) is 11.1. The standard InChI is InChI=1S/C13H22N2O4/c16-11(14-8-4-7-12(17)18)9-15-13(19)10-5-2-1-3-6-10/h10H,1-9H2,(H,14,16)(H,15,19)(H,17,18). The van der Waals surface area contributed by atoms with Crippen LogP contribution in [0, 0.1) is 5.92 Å². The first kappa shape index (κ1) is 15.5. The molecule has 0 radical (unpaired) electrons. The molecule has 3 N–H and O–H groups in total. The molecule has 108 valence electrons. The molecule has 1 aliphatic rings. The first-order valence-corrected chi connectivity index (χ1v) is 6.86. The molecule has 1 saturated carbocycles. The summed E-state index contributed by atoms with van der Waals surface area (Å²) in [5.41, 5.74) is 0. The van der Waals surface area contributed by atoms with Gasteiger partial charge in [0, 0.05) is 18.9 Å². The molecule has 0 spiro atoms. The molecular formula is C13H22N2O4. The molecule has 1 aliphatic carbocycles. The summed E-state index contributed by atoms with van der Waals surface area (Å²) >= 11 is 0. The Labute approximate surface area is 112 Å². The third-order valence-electron chi connectivity index (χ3n) is 3.29. The Kier molecular flexibility index (Phi) is 6.92. The number of carbonyl (C=O) groups excluding carboxylic acids is 2. The predicted molar refractivity (Wildman–Crippen MR) is 69.5 cm³/mol. The smallest absolute Gasteiger partial charge is 0.303 e. The third kappa shape index (κ3) is 6.79. The molecule has 6 nitrogen and oxygen atoms in total. The molecule has 1 rings (SSSR count). The van der Waals surface area contributed by atoms with Gasteiger partial charge in [-0.05, 0) is 19.3 Å². The van der Waals surface area contributed by atoms with Crippen molar-refractivity contribution in [3.05, 3.63) is 0 Å². The maximum absolute atomic E-state index is 11.8. The van der Waals surface area contributed by atoms with Gasteiger partial charge in [-0.2, -0.15) is 0 Å². The van der Waals surface area contributed by atoms with E-state index >= 15 is 0 Å². The number of hydrogen-bond acceptors (Lipinski definition) is 3. The first-order chi connectivity index (χ1) is 9.09. The molecule has 0 unspecified atom stereocenters. The number of carboxylic acids is 1. The summed E-state index contributed by atoms with van der Waals surface area (Å²) < 4.78 is 0. The molecule has 0 bridgehead atoms. The van der Waals surface area contributed by atoms with E-state index in [-0.39, 0.29) is 30.7 Å². The van der Waals surface area contributed by atoms with Crippen LogP contribution in [-0.4, -0.2) is 36.0 Å². The molecule has 0 aromatic rings. The van der Waals surface area contributed by atoms with E-state index in [9.17, 15) is 14.4 Å². The number of carbonyl (C=O) groups is 3. The topological polar surface area (TPSA) is 95.5 Å². The second-order valence-electron chi connectivity index (χ2n) is 4.90. The van der Waals surface area contributed by atoms with Gasteiger partial charge >= 0.3 is 5.97 Å². The molecule has 0 aliphatic heterocycles. The monoisotopic (exact) mass is 270 g/mol. The average molecular weight is 270 g/mol. The van der Waals surface area contributed by atoms with E-state index in [0.717, 1.165) is 25.7 Å². The Balaban J connectivity index is 2.08. The zero-order chi connectivity index (χ0) is 14.1. The summed E-state index contributed by atoms with van der Waals surface area (Å²) in [5, 5.41) is 13.6. The highest BCUT2D eigenvalue weighted by atomic mass is 16.4. The van der Waals surface area contributed by atoms with Crippen molar-refractivity contribution in [3.8, 4) is 0 Å². The fraction of sp³-hybridized carbons (Fsp3) is 0.769.